The number of carboxylic acids is 1. The number of nitrogens with zero attached hydrogens (tertiary/aromatic N) is 1. The second-order valence-electron chi connectivity index (χ2n) is 13.5. The summed E-state index contributed by atoms with van der Waals surface area (Å²) >= 11 is 0. The maximum atomic E-state index is 13.8. The van der Waals surface area contributed by atoms with Crippen molar-refractivity contribution in [3.8, 4) is 0 Å². The molecule has 0 radical (unpaired) electrons. The highest BCUT2D eigenvalue weighted by atomic mass is 16.4. The summed E-state index contributed by atoms with van der Waals surface area (Å²) in [7, 11) is 0. The molecular weight excluding hydrogens is 734 g/mol. The van der Waals surface area contributed by atoms with Crippen molar-refractivity contribution in [2.24, 2.45) is 11.5 Å². The van der Waals surface area contributed by atoms with Crippen LogP contribution in [-0.4, -0.2) is 143 Å². The molecule has 0 aliphatic carbocycles. The maximum Gasteiger partial charge on any atom is 0.325 e. The quantitative estimate of drug-likeness (QED) is 0.0447. The molecule has 1 saturated heterocycles. The molecule has 1 fully saturated rings. The Kier molecular flexibility index (Phi) is 20.4. The lowest BCUT2D eigenvalue weighted by atomic mass is 10.0. The van der Waals surface area contributed by atoms with Gasteiger partial charge in [-0.2, -0.15) is 0 Å². The number of benzene rings is 1. The van der Waals surface area contributed by atoms with Crippen LogP contribution in [0.25, 0.3) is 0 Å². The van der Waals surface area contributed by atoms with E-state index in [4.69, 9.17) is 11.5 Å². The topological polar surface area (TPSA) is 325 Å². The first-order valence-electron chi connectivity index (χ1n) is 18.6. The van der Waals surface area contributed by atoms with E-state index in [9.17, 15) is 53.7 Å². The van der Waals surface area contributed by atoms with Gasteiger partial charge in [0.2, 0.25) is 41.4 Å². The largest absolute Gasteiger partial charge is 0.480 e. The number of likely N-dealkylation sites (tertiary alicyclic amines) is 1. The smallest absolute Gasteiger partial charge is 0.325 e. The molecule has 1 aromatic carbocycles. The van der Waals surface area contributed by atoms with Crippen LogP contribution in [0, 0.1) is 0 Å². The van der Waals surface area contributed by atoms with Crippen molar-refractivity contribution in [1.29, 1.82) is 0 Å². The zero-order chi connectivity index (χ0) is 41.8. The molecule has 1 aliphatic heterocycles. The molecule has 0 spiro atoms. The summed E-state index contributed by atoms with van der Waals surface area (Å²) in [6.07, 6.45) is 2.12. The fraction of sp³-hybridized carbons (Fsp3) is 0.611. The monoisotopic (exact) mass is 791 g/mol. The van der Waals surface area contributed by atoms with Crippen LogP contribution in [0.1, 0.15) is 64.4 Å². The number of aliphatic hydroxyl groups is 2. The maximum absolute atomic E-state index is 13.8. The number of rotatable bonds is 24. The van der Waals surface area contributed by atoms with Crippen molar-refractivity contribution in [2.45, 2.75) is 108 Å². The van der Waals surface area contributed by atoms with Crippen LogP contribution in [0.4, 0.5) is 0 Å². The minimum absolute atomic E-state index is 0.0974. The molecule has 0 bridgehead atoms. The molecule has 312 valence electrons. The van der Waals surface area contributed by atoms with Crippen LogP contribution in [0.5, 0.6) is 0 Å². The number of carbonyl (C=O) groups excluding carboxylic acids is 7. The summed E-state index contributed by atoms with van der Waals surface area (Å²) in [6.45, 7) is 1.40. The first-order chi connectivity index (χ1) is 26.7. The van der Waals surface area contributed by atoms with E-state index in [0.717, 1.165) is 0 Å². The molecule has 7 atom stereocenters. The van der Waals surface area contributed by atoms with Gasteiger partial charge in [-0.15, -0.1) is 0 Å². The van der Waals surface area contributed by atoms with E-state index in [1.807, 2.05) is 0 Å². The Morgan fingerprint density at radius 3 is 1.77 bits per heavy atom. The van der Waals surface area contributed by atoms with Gasteiger partial charge < -0.3 is 63.6 Å². The van der Waals surface area contributed by atoms with Gasteiger partial charge in [0, 0.05) is 19.9 Å². The van der Waals surface area contributed by atoms with E-state index in [1.54, 1.807) is 30.3 Å². The van der Waals surface area contributed by atoms with Crippen LogP contribution in [0.15, 0.2) is 30.3 Å². The average molecular weight is 792 g/mol. The van der Waals surface area contributed by atoms with Gasteiger partial charge in [-0.25, -0.2) is 0 Å². The first-order valence-corrected chi connectivity index (χ1v) is 18.6. The lowest BCUT2D eigenvalue weighted by molar-refractivity contribution is -0.144. The van der Waals surface area contributed by atoms with Gasteiger partial charge >= 0.3 is 5.97 Å². The molecule has 2 rings (SSSR count). The Balaban J connectivity index is 2.27. The predicted molar refractivity (Wildman–Crippen MR) is 201 cm³/mol. The van der Waals surface area contributed by atoms with Crippen LogP contribution < -0.4 is 43.4 Å². The van der Waals surface area contributed by atoms with Crippen molar-refractivity contribution in [3.63, 3.8) is 0 Å². The molecule has 7 amide bonds. The summed E-state index contributed by atoms with van der Waals surface area (Å²) in [5.41, 5.74) is 11.8. The summed E-state index contributed by atoms with van der Waals surface area (Å²) in [5.74, 6) is -6.64. The van der Waals surface area contributed by atoms with Crippen molar-refractivity contribution < 1.29 is 53.7 Å². The number of nitrogens with one attached hydrogen (secondary N) is 6. The van der Waals surface area contributed by atoms with Gasteiger partial charge in [0.1, 0.15) is 42.3 Å². The summed E-state index contributed by atoms with van der Waals surface area (Å²) in [5, 5.41) is 44.1. The molecule has 0 saturated carbocycles. The van der Waals surface area contributed by atoms with E-state index in [-0.39, 0.29) is 38.8 Å². The third kappa shape index (κ3) is 15.2. The summed E-state index contributed by atoms with van der Waals surface area (Å²) in [6, 6.07) is -0.542. The fourth-order valence-corrected chi connectivity index (χ4v) is 6.00. The SMILES string of the molecule is CC(=O)N[C@H](CCCN)C(=O)N[C@@H](CO)C(=O)N[C@@H](Cc1ccccc1)C(=O)N[C@@H](CO)C(=O)N[C@@H](CCCCN)C(=O)N1CCC[C@H]1C(=O)N[C@@H](C)C(=O)O. The second kappa shape index (κ2) is 24.4. The molecule has 1 aliphatic rings. The number of amides is 7. The van der Waals surface area contributed by atoms with Gasteiger partial charge in [-0.1, -0.05) is 30.3 Å². The number of hydrogen-bond donors (Lipinski definition) is 11. The Labute approximate surface area is 325 Å². The molecule has 0 unspecified atom stereocenters. The highest BCUT2D eigenvalue weighted by Gasteiger charge is 2.39. The number of carboxylic acid groups (broad SMARTS) is 1. The molecule has 13 N–H and O–H groups in total. The minimum atomic E-state index is -1.62. The number of carbonyl (C=O) groups is 8. The Morgan fingerprint density at radius 1 is 0.714 bits per heavy atom. The molecule has 1 aromatic rings. The number of hydrogen-bond acceptors (Lipinski definition) is 12. The van der Waals surface area contributed by atoms with E-state index in [0.29, 0.717) is 37.8 Å². The third-order valence-corrected chi connectivity index (χ3v) is 9.07. The van der Waals surface area contributed by atoms with Crippen molar-refractivity contribution >= 4 is 47.3 Å². The number of aliphatic hydroxyl groups excluding tert-OH is 2. The van der Waals surface area contributed by atoms with Crippen molar-refractivity contribution in [1.82, 2.24) is 36.8 Å². The van der Waals surface area contributed by atoms with E-state index in [1.165, 1.54) is 18.7 Å². The zero-order valence-corrected chi connectivity index (χ0v) is 31.8. The van der Waals surface area contributed by atoms with Gasteiger partial charge in [-0.05, 0) is 70.5 Å². The van der Waals surface area contributed by atoms with Crippen molar-refractivity contribution in [2.75, 3.05) is 32.8 Å². The minimum Gasteiger partial charge on any atom is -0.480 e. The Bertz CT molecular complexity index is 1500. The van der Waals surface area contributed by atoms with Gasteiger partial charge in [0.25, 0.3) is 0 Å². The van der Waals surface area contributed by atoms with Crippen LogP contribution in [0.2, 0.25) is 0 Å². The normalized spacial score (nSPS) is 16.9. The van der Waals surface area contributed by atoms with E-state index < -0.39 is 103 Å². The lowest BCUT2D eigenvalue weighted by Gasteiger charge is -2.30. The molecule has 20 nitrogen and oxygen atoms in total. The number of nitrogens with two attached hydrogens (primary N) is 2. The van der Waals surface area contributed by atoms with Gasteiger partial charge in [0.05, 0.1) is 13.2 Å². The van der Waals surface area contributed by atoms with E-state index >= 15 is 0 Å². The van der Waals surface area contributed by atoms with Crippen LogP contribution in [0.3, 0.4) is 0 Å². The van der Waals surface area contributed by atoms with Gasteiger partial charge in [-0.3, -0.25) is 38.4 Å². The standard InChI is InChI=1S/C36H57N9O11/c1-21(36(55)56)39-34(53)29-14-9-17-45(29)35(54)25(12-6-7-15-37)41-32(51)27(19-46)44-31(50)26(18-23-10-4-3-5-11-23)42-33(52)28(20-47)43-30(49)24(13-8-16-38)40-22(2)48/h3-5,10-11,21,24-29,46-47H,6-9,12-20,37-38H2,1-2H3,(H,39,53)(H,40,48)(H,41,51)(H,42,52)(H,43,49)(H,44,50)(H,55,56)/t21-,24+,25-,26-,27-,28-,29-/m0/s1. The number of unbranched alkanes of at least 4 members (excludes halogenated alkanes) is 1. The third-order valence-electron chi connectivity index (χ3n) is 9.07. The van der Waals surface area contributed by atoms with Crippen LogP contribution >= 0.6 is 0 Å². The molecular formula is C36H57N9O11. The summed E-state index contributed by atoms with van der Waals surface area (Å²) < 4.78 is 0. The molecule has 1 heterocycles. The van der Waals surface area contributed by atoms with Gasteiger partial charge in [0.15, 0.2) is 0 Å². The zero-order valence-electron chi connectivity index (χ0n) is 31.8. The Morgan fingerprint density at radius 2 is 1.23 bits per heavy atom. The highest BCUT2D eigenvalue weighted by molar-refractivity contribution is 5.97. The molecule has 20 heteroatoms. The van der Waals surface area contributed by atoms with E-state index in [2.05, 4.69) is 31.9 Å². The van der Waals surface area contributed by atoms with Crippen molar-refractivity contribution in [3.05, 3.63) is 35.9 Å². The molecule has 56 heavy (non-hydrogen) atoms. The highest BCUT2D eigenvalue weighted by Crippen LogP contribution is 2.20. The summed E-state index contributed by atoms with van der Waals surface area (Å²) in [4.78, 5) is 105. The number of aliphatic carboxylic acids is 1. The fourth-order valence-electron chi connectivity index (χ4n) is 6.00. The average Bonchev–Trinajstić information content (AvgIpc) is 3.67. The Hall–Kier alpha value is -5.18. The first kappa shape index (κ1) is 47.0. The lowest BCUT2D eigenvalue weighted by Crippen LogP contribution is -2.61. The second-order valence-corrected chi connectivity index (χ2v) is 13.5. The predicted octanol–water partition coefficient (Wildman–Crippen LogP) is -3.89. The van der Waals surface area contributed by atoms with Crippen LogP contribution in [-0.2, 0) is 44.8 Å². The molecule has 0 aromatic heterocycles.